The Balaban J connectivity index is 2.23. The second-order valence-electron chi connectivity index (χ2n) is 3.77. The van der Waals surface area contributed by atoms with Crippen molar-refractivity contribution >= 4 is 5.82 Å². The van der Waals surface area contributed by atoms with Gasteiger partial charge < -0.3 is 5.32 Å². The zero-order chi connectivity index (χ0) is 10.7. The van der Waals surface area contributed by atoms with Crippen LogP contribution in [-0.2, 0) is 12.8 Å². The number of terminal acetylenes is 1. The second-order valence-corrected chi connectivity index (χ2v) is 3.77. The quantitative estimate of drug-likeness (QED) is 0.758. The maximum Gasteiger partial charge on any atom is 0.133 e. The first kappa shape index (κ1) is 9.97. The molecule has 78 valence electrons. The zero-order valence-electron chi connectivity index (χ0n) is 8.95. The molecule has 0 fully saturated rings. The number of nitrogens with zero attached hydrogens (tertiary/aromatic N) is 2. The van der Waals surface area contributed by atoms with E-state index in [9.17, 15) is 0 Å². The maximum atomic E-state index is 5.42. The van der Waals surface area contributed by atoms with E-state index < -0.39 is 0 Å². The predicted octanol–water partition coefficient (Wildman–Crippen LogP) is 1.79. The van der Waals surface area contributed by atoms with Crippen LogP contribution in [0.15, 0.2) is 6.33 Å². The van der Waals surface area contributed by atoms with Gasteiger partial charge in [-0.3, -0.25) is 0 Å². The predicted molar refractivity (Wildman–Crippen MR) is 60.6 cm³/mol. The van der Waals surface area contributed by atoms with Gasteiger partial charge in [-0.15, -0.1) is 6.42 Å². The first-order valence-electron chi connectivity index (χ1n) is 5.40. The molecule has 15 heavy (non-hydrogen) atoms. The third-order valence-corrected chi connectivity index (χ3v) is 2.80. The molecule has 1 aromatic rings. The minimum Gasteiger partial charge on any atom is -0.356 e. The van der Waals surface area contributed by atoms with Crippen molar-refractivity contribution in [2.45, 2.75) is 38.6 Å². The van der Waals surface area contributed by atoms with Gasteiger partial charge in [0.05, 0.1) is 6.04 Å². The highest BCUT2D eigenvalue weighted by Crippen LogP contribution is 2.25. The summed E-state index contributed by atoms with van der Waals surface area (Å²) in [6, 6.07) is 0.0737. The Morgan fingerprint density at radius 3 is 3.13 bits per heavy atom. The summed E-state index contributed by atoms with van der Waals surface area (Å²) in [4.78, 5) is 8.54. The molecule has 1 heterocycles. The Kier molecular flexibility index (Phi) is 2.86. The van der Waals surface area contributed by atoms with Crippen molar-refractivity contribution in [3.8, 4) is 12.3 Å². The molecular formula is C12H15N3. The van der Waals surface area contributed by atoms with Crippen LogP contribution >= 0.6 is 0 Å². The first-order valence-corrected chi connectivity index (χ1v) is 5.40. The summed E-state index contributed by atoms with van der Waals surface area (Å²) in [5, 5.41) is 3.29. The highest BCUT2D eigenvalue weighted by atomic mass is 15.0. The lowest BCUT2D eigenvalue weighted by molar-refractivity contribution is 0.843. The van der Waals surface area contributed by atoms with Gasteiger partial charge in [0.25, 0.3) is 0 Å². The average molecular weight is 201 g/mol. The molecule has 3 heteroatoms. The summed E-state index contributed by atoms with van der Waals surface area (Å²) in [5.41, 5.74) is 2.44. The molecular weight excluding hydrogens is 186 g/mol. The minimum atomic E-state index is 0.0737. The Hall–Kier alpha value is -1.56. The Morgan fingerprint density at radius 2 is 2.40 bits per heavy atom. The van der Waals surface area contributed by atoms with Crippen molar-refractivity contribution in [2.75, 3.05) is 5.32 Å². The fraction of sp³-hybridized carbons (Fsp3) is 0.500. The molecule has 1 aliphatic carbocycles. The van der Waals surface area contributed by atoms with Crippen LogP contribution in [0, 0.1) is 12.3 Å². The van der Waals surface area contributed by atoms with Gasteiger partial charge >= 0.3 is 0 Å². The number of rotatable bonds is 3. The molecule has 0 saturated heterocycles. The van der Waals surface area contributed by atoms with Gasteiger partial charge in [-0.1, -0.05) is 12.8 Å². The molecule has 0 saturated carbocycles. The Morgan fingerprint density at radius 1 is 1.53 bits per heavy atom. The molecule has 1 atom stereocenters. The van der Waals surface area contributed by atoms with E-state index in [-0.39, 0.29) is 6.04 Å². The van der Waals surface area contributed by atoms with Gasteiger partial charge in [-0.25, -0.2) is 9.97 Å². The smallest absolute Gasteiger partial charge is 0.133 e. The summed E-state index contributed by atoms with van der Waals surface area (Å²) in [6.07, 6.45) is 11.3. The van der Waals surface area contributed by atoms with Crippen molar-refractivity contribution in [3.05, 3.63) is 17.6 Å². The van der Waals surface area contributed by atoms with Gasteiger partial charge in [-0.05, 0) is 25.7 Å². The van der Waals surface area contributed by atoms with Gasteiger partial charge in [0.15, 0.2) is 0 Å². The number of aromatic nitrogens is 2. The average Bonchev–Trinajstić information content (AvgIpc) is 2.74. The van der Waals surface area contributed by atoms with E-state index in [0.717, 1.165) is 25.1 Å². The molecule has 0 amide bonds. The first-order chi connectivity index (χ1) is 7.35. The van der Waals surface area contributed by atoms with E-state index in [1.54, 1.807) is 6.33 Å². The Labute approximate surface area is 90.3 Å². The highest BCUT2D eigenvalue weighted by molar-refractivity contribution is 5.49. The molecule has 0 spiro atoms. The van der Waals surface area contributed by atoms with E-state index in [0.29, 0.717) is 0 Å². The van der Waals surface area contributed by atoms with Crippen molar-refractivity contribution in [3.63, 3.8) is 0 Å². The highest BCUT2D eigenvalue weighted by Gasteiger charge is 2.17. The Bertz CT molecular complexity index is 392. The lowest BCUT2D eigenvalue weighted by atomic mass is 10.2. The van der Waals surface area contributed by atoms with E-state index in [1.807, 2.05) is 0 Å². The van der Waals surface area contributed by atoms with Gasteiger partial charge in [0.2, 0.25) is 0 Å². The zero-order valence-corrected chi connectivity index (χ0v) is 8.95. The number of nitrogens with one attached hydrogen (secondary N) is 1. The van der Waals surface area contributed by atoms with E-state index in [4.69, 9.17) is 6.42 Å². The summed E-state index contributed by atoms with van der Waals surface area (Å²) in [6.45, 7) is 2.07. The lowest BCUT2D eigenvalue weighted by Gasteiger charge is -2.13. The molecule has 0 aromatic carbocycles. The normalized spacial score (nSPS) is 15.5. The molecule has 3 nitrogen and oxygen atoms in total. The van der Waals surface area contributed by atoms with Gasteiger partial charge in [0.1, 0.15) is 12.1 Å². The van der Waals surface area contributed by atoms with Crippen LogP contribution in [0.5, 0.6) is 0 Å². The number of hydrogen-bond acceptors (Lipinski definition) is 3. The van der Waals surface area contributed by atoms with E-state index in [1.165, 1.54) is 17.7 Å². The molecule has 1 unspecified atom stereocenters. The third-order valence-electron chi connectivity index (χ3n) is 2.80. The lowest BCUT2D eigenvalue weighted by Crippen LogP contribution is -2.18. The van der Waals surface area contributed by atoms with E-state index in [2.05, 4.69) is 28.1 Å². The molecule has 1 aliphatic rings. The standard InChI is InChI=1S/C12H15N3/c1-3-9(4-2)15-12-10-6-5-7-11(10)13-8-14-12/h1,8-9H,4-7H2,2H3,(H,13,14,15). The molecule has 1 N–H and O–H groups in total. The number of anilines is 1. The topological polar surface area (TPSA) is 37.8 Å². The van der Waals surface area contributed by atoms with Crippen molar-refractivity contribution in [2.24, 2.45) is 0 Å². The van der Waals surface area contributed by atoms with Crippen molar-refractivity contribution < 1.29 is 0 Å². The van der Waals surface area contributed by atoms with Crippen LogP contribution in [-0.4, -0.2) is 16.0 Å². The molecule has 0 radical (unpaired) electrons. The van der Waals surface area contributed by atoms with Gasteiger partial charge in [-0.2, -0.15) is 0 Å². The SMILES string of the molecule is C#CC(CC)Nc1ncnc2c1CCC2. The monoisotopic (exact) mass is 201 g/mol. The van der Waals surface area contributed by atoms with E-state index >= 15 is 0 Å². The fourth-order valence-electron chi connectivity index (χ4n) is 1.91. The largest absolute Gasteiger partial charge is 0.356 e. The minimum absolute atomic E-state index is 0.0737. The van der Waals surface area contributed by atoms with Crippen LogP contribution in [0.25, 0.3) is 0 Å². The number of fused-ring (bicyclic) bond motifs is 1. The van der Waals surface area contributed by atoms with Crippen LogP contribution < -0.4 is 5.32 Å². The summed E-state index contributed by atoms with van der Waals surface area (Å²) < 4.78 is 0. The number of aryl methyl sites for hydroxylation is 1. The maximum absolute atomic E-state index is 5.42. The summed E-state index contributed by atoms with van der Waals surface area (Å²) >= 11 is 0. The summed E-state index contributed by atoms with van der Waals surface area (Å²) in [5.74, 6) is 3.65. The second kappa shape index (κ2) is 4.31. The fourth-order valence-corrected chi connectivity index (χ4v) is 1.91. The van der Waals surface area contributed by atoms with Gasteiger partial charge in [0, 0.05) is 11.3 Å². The van der Waals surface area contributed by atoms with Crippen LogP contribution in [0.3, 0.4) is 0 Å². The number of hydrogen-bond donors (Lipinski definition) is 1. The summed E-state index contributed by atoms with van der Waals surface area (Å²) in [7, 11) is 0. The molecule has 1 aromatic heterocycles. The molecule has 0 bridgehead atoms. The molecule has 0 aliphatic heterocycles. The van der Waals surface area contributed by atoms with Crippen LogP contribution in [0.2, 0.25) is 0 Å². The van der Waals surface area contributed by atoms with Crippen LogP contribution in [0.1, 0.15) is 31.0 Å². The van der Waals surface area contributed by atoms with Crippen molar-refractivity contribution in [1.82, 2.24) is 9.97 Å². The van der Waals surface area contributed by atoms with Crippen molar-refractivity contribution in [1.29, 1.82) is 0 Å². The molecule has 2 rings (SSSR count). The third kappa shape index (κ3) is 1.94. The van der Waals surface area contributed by atoms with Crippen LogP contribution in [0.4, 0.5) is 5.82 Å².